The maximum Gasteiger partial charge on any atom is 0.339 e. The molecule has 0 spiro atoms. The highest BCUT2D eigenvalue weighted by molar-refractivity contribution is 6.06. The van der Waals surface area contributed by atoms with E-state index in [0.717, 1.165) is 16.8 Å². The summed E-state index contributed by atoms with van der Waals surface area (Å²) in [5.74, 6) is 0.150. The average molecular weight is 371 g/mol. The van der Waals surface area contributed by atoms with E-state index in [4.69, 9.17) is 14.0 Å². The summed E-state index contributed by atoms with van der Waals surface area (Å²) in [7, 11) is 3.10. The van der Waals surface area contributed by atoms with E-state index in [1.165, 1.54) is 13.3 Å². The van der Waals surface area contributed by atoms with E-state index in [0.29, 0.717) is 28.1 Å². The van der Waals surface area contributed by atoms with Crippen molar-refractivity contribution in [1.82, 2.24) is 10.1 Å². The van der Waals surface area contributed by atoms with Crippen LogP contribution in [0.2, 0.25) is 0 Å². The first kappa shape index (κ1) is 18.7. The molecule has 0 saturated carbocycles. The van der Waals surface area contributed by atoms with Crippen LogP contribution in [-0.4, -0.2) is 41.7 Å². The van der Waals surface area contributed by atoms with Crippen LogP contribution in [0, 0.1) is 13.8 Å². The number of rotatable bonds is 6. The van der Waals surface area contributed by atoms with Crippen molar-refractivity contribution in [2.45, 2.75) is 27.0 Å². The summed E-state index contributed by atoms with van der Waals surface area (Å²) in [6.45, 7) is 5.46. The minimum absolute atomic E-state index is 0.0542. The molecule has 2 aromatic heterocycles. The Balaban J connectivity index is 2.31. The van der Waals surface area contributed by atoms with Gasteiger partial charge in [-0.1, -0.05) is 5.16 Å². The number of hydrogen-bond donors (Lipinski definition) is 2. The summed E-state index contributed by atoms with van der Waals surface area (Å²) in [5.41, 5.74) is 3.43. The van der Waals surface area contributed by atoms with Gasteiger partial charge in [-0.05, 0) is 32.9 Å². The average Bonchev–Trinajstić information content (AvgIpc) is 2.98. The van der Waals surface area contributed by atoms with Gasteiger partial charge in [-0.15, -0.1) is 0 Å². The number of aryl methyl sites for hydroxylation is 2. The van der Waals surface area contributed by atoms with Gasteiger partial charge in [0.2, 0.25) is 0 Å². The SMILES string of the molecule is COc1cc2c(N[C@H](C)OC)c(C(=O)O)cnc2cc1-c1c(C)noc1C. The molecule has 0 amide bonds. The highest BCUT2D eigenvalue weighted by Crippen LogP contribution is 2.39. The second-order valence-electron chi connectivity index (χ2n) is 6.14. The fourth-order valence-electron chi connectivity index (χ4n) is 3.03. The third-order valence-corrected chi connectivity index (χ3v) is 4.42. The lowest BCUT2D eigenvalue weighted by atomic mass is 9.99. The molecule has 0 fully saturated rings. The van der Waals surface area contributed by atoms with Crippen LogP contribution in [0.1, 0.15) is 28.7 Å². The lowest BCUT2D eigenvalue weighted by Gasteiger charge is -2.18. The quantitative estimate of drug-likeness (QED) is 0.633. The van der Waals surface area contributed by atoms with E-state index in [-0.39, 0.29) is 11.8 Å². The molecule has 8 nitrogen and oxygen atoms in total. The van der Waals surface area contributed by atoms with Crippen molar-refractivity contribution in [2.24, 2.45) is 0 Å². The topological polar surface area (TPSA) is 107 Å². The summed E-state index contributed by atoms with van der Waals surface area (Å²) in [4.78, 5) is 16.0. The number of benzene rings is 1. The molecule has 2 heterocycles. The molecule has 8 heteroatoms. The Kier molecular flexibility index (Phi) is 5.00. The second-order valence-corrected chi connectivity index (χ2v) is 6.14. The molecule has 3 aromatic rings. The Bertz CT molecular complexity index is 993. The van der Waals surface area contributed by atoms with E-state index >= 15 is 0 Å². The molecule has 2 N–H and O–H groups in total. The number of nitrogens with one attached hydrogen (secondary N) is 1. The van der Waals surface area contributed by atoms with Gasteiger partial charge in [0.1, 0.15) is 23.3 Å². The van der Waals surface area contributed by atoms with Crippen molar-refractivity contribution in [2.75, 3.05) is 19.5 Å². The lowest BCUT2D eigenvalue weighted by Crippen LogP contribution is -2.19. The molecule has 0 radical (unpaired) electrons. The number of anilines is 1. The van der Waals surface area contributed by atoms with Gasteiger partial charge in [-0.25, -0.2) is 4.79 Å². The highest BCUT2D eigenvalue weighted by atomic mass is 16.5. The van der Waals surface area contributed by atoms with E-state index in [9.17, 15) is 9.90 Å². The highest BCUT2D eigenvalue weighted by Gasteiger charge is 2.21. The molecule has 0 bridgehead atoms. The largest absolute Gasteiger partial charge is 0.496 e. The monoisotopic (exact) mass is 371 g/mol. The van der Waals surface area contributed by atoms with Crippen LogP contribution in [-0.2, 0) is 4.74 Å². The predicted octanol–water partition coefficient (Wildman–Crippen LogP) is 3.62. The van der Waals surface area contributed by atoms with Crippen molar-refractivity contribution in [3.8, 4) is 16.9 Å². The molecule has 0 aliphatic rings. The first-order valence-corrected chi connectivity index (χ1v) is 8.34. The molecule has 0 aliphatic heterocycles. The summed E-state index contributed by atoms with van der Waals surface area (Å²) in [6.07, 6.45) is 0.945. The van der Waals surface area contributed by atoms with Crippen molar-refractivity contribution in [3.63, 3.8) is 0 Å². The van der Waals surface area contributed by atoms with E-state index in [1.54, 1.807) is 20.1 Å². The summed E-state index contributed by atoms with van der Waals surface area (Å²) in [6, 6.07) is 3.61. The number of aromatic carboxylic acids is 1. The standard InChI is InChI=1S/C19H21N3O5/c1-9-17(10(2)27-22-9)13-6-15-12(7-16(13)26-5)18(21-11(3)25-4)14(8-20-15)19(23)24/h6-8,11H,1-5H3,(H,20,21)(H,23,24)/t11-/m0/s1. The zero-order chi connectivity index (χ0) is 19.7. The minimum Gasteiger partial charge on any atom is -0.496 e. The molecule has 0 unspecified atom stereocenters. The number of ether oxygens (including phenoxy) is 2. The third-order valence-electron chi connectivity index (χ3n) is 4.42. The Morgan fingerprint density at radius 3 is 2.59 bits per heavy atom. The van der Waals surface area contributed by atoms with Crippen LogP contribution in [0.5, 0.6) is 5.75 Å². The number of carbonyl (C=O) groups is 1. The maximum absolute atomic E-state index is 11.7. The van der Waals surface area contributed by atoms with Crippen LogP contribution in [0.25, 0.3) is 22.0 Å². The van der Waals surface area contributed by atoms with Crippen LogP contribution >= 0.6 is 0 Å². The number of methoxy groups -OCH3 is 2. The third kappa shape index (κ3) is 3.31. The number of hydrogen-bond acceptors (Lipinski definition) is 7. The molecule has 0 aliphatic carbocycles. The van der Waals surface area contributed by atoms with Gasteiger partial charge in [0.25, 0.3) is 0 Å². The Hall–Kier alpha value is -3.13. The smallest absolute Gasteiger partial charge is 0.339 e. The van der Waals surface area contributed by atoms with Crippen LogP contribution in [0.4, 0.5) is 5.69 Å². The van der Waals surface area contributed by atoms with Crippen LogP contribution in [0.15, 0.2) is 22.9 Å². The van der Waals surface area contributed by atoms with Crippen molar-refractivity contribution in [1.29, 1.82) is 0 Å². The summed E-state index contributed by atoms with van der Waals surface area (Å²) >= 11 is 0. The molecule has 142 valence electrons. The molecule has 1 atom stereocenters. The van der Waals surface area contributed by atoms with Gasteiger partial charge >= 0.3 is 5.97 Å². The number of fused-ring (bicyclic) bond motifs is 1. The number of carboxylic acids is 1. The Morgan fingerprint density at radius 1 is 1.30 bits per heavy atom. The molecule has 0 saturated heterocycles. The lowest BCUT2D eigenvalue weighted by molar-refractivity contribution is 0.0697. The summed E-state index contributed by atoms with van der Waals surface area (Å²) in [5, 5.41) is 17.2. The molecular weight excluding hydrogens is 350 g/mol. The van der Waals surface area contributed by atoms with Gasteiger partial charge in [-0.2, -0.15) is 0 Å². The van der Waals surface area contributed by atoms with E-state index < -0.39 is 5.97 Å². The van der Waals surface area contributed by atoms with Crippen LogP contribution in [0.3, 0.4) is 0 Å². The van der Waals surface area contributed by atoms with Gasteiger partial charge in [0, 0.05) is 24.3 Å². The fraction of sp³-hybridized carbons (Fsp3) is 0.316. The second kappa shape index (κ2) is 7.24. The molecule has 1 aromatic carbocycles. The molecule has 3 rings (SSSR count). The van der Waals surface area contributed by atoms with Crippen molar-refractivity contribution < 1.29 is 23.9 Å². The molecule has 27 heavy (non-hydrogen) atoms. The number of carboxylic acid groups (broad SMARTS) is 1. The fourth-order valence-corrected chi connectivity index (χ4v) is 3.03. The summed E-state index contributed by atoms with van der Waals surface area (Å²) < 4.78 is 16.1. The minimum atomic E-state index is -1.08. The first-order valence-electron chi connectivity index (χ1n) is 8.34. The van der Waals surface area contributed by atoms with Gasteiger partial charge in [-0.3, -0.25) is 4.98 Å². The predicted molar refractivity (Wildman–Crippen MR) is 100 cm³/mol. The zero-order valence-electron chi connectivity index (χ0n) is 15.8. The van der Waals surface area contributed by atoms with Crippen molar-refractivity contribution in [3.05, 3.63) is 35.3 Å². The van der Waals surface area contributed by atoms with Gasteiger partial charge < -0.3 is 24.4 Å². The number of pyridine rings is 1. The normalized spacial score (nSPS) is 12.2. The Labute approximate surface area is 156 Å². The zero-order valence-corrected chi connectivity index (χ0v) is 15.8. The first-order chi connectivity index (χ1) is 12.9. The van der Waals surface area contributed by atoms with Crippen molar-refractivity contribution >= 4 is 22.6 Å². The number of nitrogens with zero attached hydrogens (tertiary/aromatic N) is 2. The van der Waals surface area contributed by atoms with E-state index in [1.807, 2.05) is 19.9 Å². The molecular formula is C19H21N3O5. The van der Waals surface area contributed by atoms with Crippen LogP contribution < -0.4 is 10.1 Å². The maximum atomic E-state index is 11.7. The Morgan fingerprint density at radius 2 is 2.04 bits per heavy atom. The van der Waals surface area contributed by atoms with Gasteiger partial charge in [0.05, 0.1) is 29.6 Å². The van der Waals surface area contributed by atoms with E-state index in [2.05, 4.69) is 15.5 Å². The number of aromatic nitrogens is 2. The van der Waals surface area contributed by atoms with Gasteiger partial charge in [0.15, 0.2) is 0 Å².